The number of aromatic carboxylic acids is 1. The summed E-state index contributed by atoms with van der Waals surface area (Å²) in [4.78, 5) is 26.1. The smallest absolute Gasteiger partial charge is 0.336 e. The van der Waals surface area contributed by atoms with E-state index in [4.69, 9.17) is 4.74 Å². The molecule has 25 heavy (non-hydrogen) atoms. The van der Waals surface area contributed by atoms with Gasteiger partial charge in [0.15, 0.2) is 0 Å². The molecule has 1 aliphatic rings. The molecule has 0 saturated carbocycles. The van der Waals surface area contributed by atoms with E-state index in [0.717, 1.165) is 21.5 Å². The van der Waals surface area contributed by atoms with E-state index in [1.165, 1.54) is 6.07 Å². The second-order valence-electron chi connectivity index (χ2n) is 5.47. The summed E-state index contributed by atoms with van der Waals surface area (Å²) in [5.41, 5.74) is 1.21. The number of carboxylic acids is 1. The molecule has 5 nitrogen and oxygen atoms in total. The zero-order valence-electron chi connectivity index (χ0n) is 13.4. The maximum Gasteiger partial charge on any atom is 0.336 e. The summed E-state index contributed by atoms with van der Waals surface area (Å²) in [5.74, 6) is 0.162. The molecule has 1 atom stereocenters. The Morgan fingerprint density at radius 2 is 1.96 bits per heavy atom. The van der Waals surface area contributed by atoms with E-state index in [1.807, 2.05) is 18.2 Å². The summed E-state index contributed by atoms with van der Waals surface area (Å²) in [5, 5.41) is 9.18. The highest BCUT2D eigenvalue weighted by Crippen LogP contribution is 2.41. The third kappa shape index (κ3) is 3.52. The predicted octanol–water partition coefficient (Wildman–Crippen LogP) is 4.04. The number of halogens is 1. The Hall–Kier alpha value is -1.99. The van der Waals surface area contributed by atoms with Crippen LogP contribution in [-0.2, 0) is 0 Å². The average molecular weight is 422 g/mol. The van der Waals surface area contributed by atoms with Crippen molar-refractivity contribution in [3.8, 4) is 5.75 Å². The van der Waals surface area contributed by atoms with E-state index in [2.05, 4.69) is 15.9 Å². The van der Waals surface area contributed by atoms with Crippen LogP contribution in [0.5, 0.6) is 5.75 Å². The lowest BCUT2D eigenvalue weighted by Crippen LogP contribution is -2.31. The first-order chi connectivity index (χ1) is 12.0. The number of carboxylic acid groups (broad SMARTS) is 1. The van der Waals surface area contributed by atoms with Crippen molar-refractivity contribution in [1.82, 2.24) is 4.90 Å². The van der Waals surface area contributed by atoms with E-state index in [9.17, 15) is 14.7 Å². The number of thioether (sulfide) groups is 1. The molecule has 130 valence electrons. The second kappa shape index (κ2) is 7.49. The molecular formula is C18H16BrNO4S. The molecule has 1 aliphatic heterocycles. The summed E-state index contributed by atoms with van der Waals surface area (Å²) in [6.45, 7) is 0.575. The monoisotopic (exact) mass is 421 g/mol. The highest BCUT2D eigenvalue weighted by molar-refractivity contribution is 9.10. The van der Waals surface area contributed by atoms with Gasteiger partial charge in [0, 0.05) is 12.3 Å². The van der Waals surface area contributed by atoms with Gasteiger partial charge in [0.2, 0.25) is 0 Å². The molecule has 1 heterocycles. The van der Waals surface area contributed by atoms with Crippen LogP contribution in [-0.4, -0.2) is 41.3 Å². The molecule has 0 radical (unpaired) electrons. The number of nitrogens with zero attached hydrogens (tertiary/aromatic N) is 1. The van der Waals surface area contributed by atoms with Crippen LogP contribution in [0, 0.1) is 0 Å². The van der Waals surface area contributed by atoms with Gasteiger partial charge >= 0.3 is 5.97 Å². The lowest BCUT2D eigenvalue weighted by Gasteiger charge is -2.25. The molecule has 1 saturated heterocycles. The number of amides is 1. The van der Waals surface area contributed by atoms with Gasteiger partial charge in [0.05, 0.1) is 22.7 Å². The first kappa shape index (κ1) is 17.8. The summed E-state index contributed by atoms with van der Waals surface area (Å²) < 4.78 is 6.07. The van der Waals surface area contributed by atoms with Crippen molar-refractivity contribution in [3.05, 3.63) is 63.6 Å². The molecule has 2 aromatic rings. The van der Waals surface area contributed by atoms with Crippen molar-refractivity contribution in [2.75, 3.05) is 19.4 Å². The molecule has 0 spiro atoms. The van der Waals surface area contributed by atoms with Crippen LogP contribution in [0.25, 0.3) is 0 Å². The van der Waals surface area contributed by atoms with Crippen molar-refractivity contribution >= 4 is 39.6 Å². The average Bonchev–Trinajstić information content (AvgIpc) is 3.10. The van der Waals surface area contributed by atoms with Gasteiger partial charge < -0.3 is 14.7 Å². The topological polar surface area (TPSA) is 66.8 Å². The first-order valence-corrected chi connectivity index (χ1v) is 9.45. The van der Waals surface area contributed by atoms with Crippen molar-refractivity contribution in [3.63, 3.8) is 0 Å². The first-order valence-electron chi connectivity index (χ1n) is 7.61. The fourth-order valence-electron chi connectivity index (χ4n) is 2.80. The summed E-state index contributed by atoms with van der Waals surface area (Å²) >= 11 is 5.13. The van der Waals surface area contributed by atoms with Crippen LogP contribution in [0.1, 0.15) is 31.7 Å². The highest BCUT2D eigenvalue weighted by Gasteiger charge is 2.33. The van der Waals surface area contributed by atoms with Gasteiger partial charge in [-0.1, -0.05) is 18.2 Å². The van der Waals surface area contributed by atoms with Crippen LogP contribution in [0.15, 0.2) is 46.9 Å². The van der Waals surface area contributed by atoms with Crippen molar-refractivity contribution in [2.24, 2.45) is 0 Å². The van der Waals surface area contributed by atoms with Crippen molar-refractivity contribution in [2.45, 2.75) is 5.37 Å². The quantitative estimate of drug-likeness (QED) is 0.806. The third-order valence-corrected chi connectivity index (χ3v) is 5.88. The number of benzene rings is 2. The second-order valence-corrected chi connectivity index (χ2v) is 7.51. The summed E-state index contributed by atoms with van der Waals surface area (Å²) in [6, 6.07) is 12.0. The lowest BCUT2D eigenvalue weighted by atomic mass is 10.1. The third-order valence-electron chi connectivity index (χ3n) is 4.00. The van der Waals surface area contributed by atoms with E-state index in [1.54, 1.807) is 42.0 Å². The number of ether oxygens (including phenoxy) is 1. The molecule has 1 amide bonds. The number of hydrogen-bond acceptors (Lipinski definition) is 4. The molecule has 1 unspecified atom stereocenters. The number of hydrogen-bond donors (Lipinski definition) is 1. The van der Waals surface area contributed by atoms with Crippen molar-refractivity contribution < 1.29 is 19.4 Å². The predicted molar refractivity (Wildman–Crippen MR) is 100 cm³/mol. The summed E-state index contributed by atoms with van der Waals surface area (Å²) in [7, 11) is 1.60. The van der Waals surface area contributed by atoms with Crippen LogP contribution in [0.2, 0.25) is 0 Å². The van der Waals surface area contributed by atoms with Gasteiger partial charge in [-0.25, -0.2) is 4.79 Å². The fraction of sp³-hybridized carbons (Fsp3) is 0.222. The van der Waals surface area contributed by atoms with E-state index < -0.39 is 5.97 Å². The maximum atomic E-state index is 13.0. The Morgan fingerprint density at radius 3 is 2.60 bits per heavy atom. The zero-order chi connectivity index (χ0) is 18.0. The van der Waals surface area contributed by atoms with E-state index >= 15 is 0 Å². The minimum Gasteiger partial charge on any atom is -0.496 e. The normalized spacial score (nSPS) is 16.7. The van der Waals surface area contributed by atoms with Gasteiger partial charge in [-0.05, 0) is 45.8 Å². The van der Waals surface area contributed by atoms with Crippen LogP contribution in [0.3, 0.4) is 0 Å². The number of carbonyl (C=O) groups excluding carboxylic acids is 1. The molecule has 1 N–H and O–H groups in total. The SMILES string of the molecule is COc1ccc(C2SCCN2C(=O)c2ccccc2C(=O)O)cc1Br. The maximum absolute atomic E-state index is 13.0. The molecule has 1 fully saturated rings. The van der Waals surface area contributed by atoms with Gasteiger partial charge in [-0.3, -0.25) is 4.79 Å². The van der Waals surface area contributed by atoms with Crippen LogP contribution < -0.4 is 4.74 Å². The zero-order valence-corrected chi connectivity index (χ0v) is 15.8. The number of methoxy groups -OCH3 is 1. The Bertz CT molecular complexity index is 826. The molecule has 3 rings (SSSR count). The number of rotatable bonds is 4. The Kier molecular flexibility index (Phi) is 5.34. The standard InChI is InChI=1S/C18H16BrNO4S/c1-24-15-7-6-11(10-14(15)19)17-20(8-9-25-17)16(21)12-4-2-3-5-13(12)18(22)23/h2-7,10,17H,8-9H2,1H3,(H,22,23). The molecule has 0 aliphatic carbocycles. The van der Waals surface area contributed by atoms with Crippen LogP contribution in [0.4, 0.5) is 0 Å². The fourth-order valence-corrected chi connectivity index (χ4v) is 4.61. The molecule has 0 aromatic heterocycles. The Balaban J connectivity index is 1.93. The molecule has 7 heteroatoms. The molecule has 2 aromatic carbocycles. The highest BCUT2D eigenvalue weighted by atomic mass is 79.9. The van der Waals surface area contributed by atoms with E-state index in [0.29, 0.717) is 6.54 Å². The van der Waals surface area contributed by atoms with Crippen molar-refractivity contribution in [1.29, 1.82) is 0 Å². The van der Waals surface area contributed by atoms with Gasteiger partial charge in [-0.2, -0.15) is 0 Å². The molecule has 0 bridgehead atoms. The van der Waals surface area contributed by atoms with Crippen LogP contribution >= 0.6 is 27.7 Å². The number of carbonyl (C=O) groups is 2. The lowest BCUT2D eigenvalue weighted by molar-refractivity contribution is 0.0676. The summed E-state index contributed by atoms with van der Waals surface area (Å²) in [6.07, 6.45) is 0. The Morgan fingerprint density at radius 1 is 1.24 bits per heavy atom. The van der Waals surface area contributed by atoms with Gasteiger partial charge in [-0.15, -0.1) is 11.8 Å². The Labute approximate surface area is 158 Å². The van der Waals surface area contributed by atoms with Gasteiger partial charge in [0.25, 0.3) is 5.91 Å². The van der Waals surface area contributed by atoms with Gasteiger partial charge in [0.1, 0.15) is 11.1 Å². The largest absolute Gasteiger partial charge is 0.496 e. The van der Waals surface area contributed by atoms with E-state index in [-0.39, 0.29) is 22.4 Å². The minimum atomic E-state index is -1.10. The minimum absolute atomic E-state index is 0.0269. The molecular weight excluding hydrogens is 406 g/mol.